The van der Waals surface area contributed by atoms with Gasteiger partial charge >= 0.3 is 0 Å². The van der Waals surface area contributed by atoms with Gasteiger partial charge in [0.25, 0.3) is 5.91 Å². The van der Waals surface area contributed by atoms with E-state index in [-0.39, 0.29) is 11.0 Å². The Hall–Kier alpha value is -1.74. The molecule has 1 aromatic heterocycles. The van der Waals surface area contributed by atoms with Gasteiger partial charge in [-0.15, -0.1) is 0 Å². The number of amides is 1. The van der Waals surface area contributed by atoms with Crippen molar-refractivity contribution in [2.24, 2.45) is 0 Å². The molecule has 0 radical (unpaired) electrons. The number of aromatic nitrogens is 1. The first-order valence-corrected chi connectivity index (χ1v) is 10.4. The molecule has 1 heterocycles. The maximum atomic E-state index is 12.4. The largest absolute Gasteiger partial charge is 0.493 e. The number of carbonyl (C=O) groups is 1. The van der Waals surface area contributed by atoms with Crippen molar-refractivity contribution in [3.8, 4) is 5.75 Å². The summed E-state index contributed by atoms with van der Waals surface area (Å²) in [7, 11) is 0. The number of nitrogens with zero attached hydrogens (tertiary/aromatic N) is 1. The molecule has 0 saturated carbocycles. The number of fused-ring (bicyclic) bond motifs is 1. The van der Waals surface area contributed by atoms with E-state index < -0.39 is 0 Å². The summed E-state index contributed by atoms with van der Waals surface area (Å²) in [5, 5.41) is 7.02. The van der Waals surface area contributed by atoms with Gasteiger partial charge in [0.2, 0.25) is 0 Å². The van der Waals surface area contributed by atoms with Crippen LogP contribution in [0.5, 0.6) is 5.75 Å². The van der Waals surface area contributed by atoms with Crippen molar-refractivity contribution in [3.63, 3.8) is 0 Å². The van der Waals surface area contributed by atoms with Gasteiger partial charge < -0.3 is 10.1 Å². The molecule has 0 aliphatic rings. The van der Waals surface area contributed by atoms with Crippen molar-refractivity contribution in [2.75, 3.05) is 11.9 Å². The number of rotatable bonds is 4. The number of hydrogen-bond acceptors (Lipinski definition) is 5. The zero-order valence-corrected chi connectivity index (χ0v) is 18.4. The summed E-state index contributed by atoms with van der Waals surface area (Å²) in [6, 6.07) is 8.88. The lowest BCUT2D eigenvalue weighted by Gasteiger charge is -2.09. The summed E-state index contributed by atoms with van der Waals surface area (Å²) >= 11 is 16.2. The first kappa shape index (κ1) is 20.0. The van der Waals surface area contributed by atoms with Crippen LogP contribution >= 0.6 is 51.1 Å². The number of anilines is 1. The van der Waals surface area contributed by atoms with Crippen molar-refractivity contribution in [1.82, 2.24) is 10.3 Å². The molecule has 2 aromatic carbocycles. The van der Waals surface area contributed by atoms with Crippen LogP contribution in [0.3, 0.4) is 0 Å². The van der Waals surface area contributed by atoms with Crippen LogP contribution in [0.15, 0.2) is 34.8 Å². The second-order valence-electron chi connectivity index (χ2n) is 5.57. The number of benzene rings is 2. The van der Waals surface area contributed by atoms with Crippen molar-refractivity contribution in [3.05, 3.63) is 51.0 Å². The molecule has 0 fully saturated rings. The van der Waals surface area contributed by atoms with Gasteiger partial charge in [-0.3, -0.25) is 10.1 Å². The van der Waals surface area contributed by atoms with E-state index in [1.165, 1.54) is 11.3 Å². The number of ether oxygens (including phenoxy) is 1. The zero-order chi connectivity index (χ0) is 19.6. The molecular weight excluding hydrogens is 470 g/mol. The summed E-state index contributed by atoms with van der Waals surface area (Å²) in [6.45, 7) is 4.38. The zero-order valence-electron chi connectivity index (χ0n) is 14.4. The van der Waals surface area contributed by atoms with Gasteiger partial charge in [-0.2, -0.15) is 0 Å². The maximum absolute atomic E-state index is 12.4. The van der Waals surface area contributed by atoms with E-state index in [1.54, 1.807) is 18.2 Å². The minimum atomic E-state index is -0.323. The molecule has 0 saturated heterocycles. The molecule has 9 heteroatoms. The Morgan fingerprint density at radius 1 is 1.37 bits per heavy atom. The number of nitrogens with one attached hydrogen (secondary N) is 2. The van der Waals surface area contributed by atoms with E-state index in [2.05, 4.69) is 31.5 Å². The summed E-state index contributed by atoms with van der Waals surface area (Å²) in [5.74, 6) is 0.356. The van der Waals surface area contributed by atoms with Crippen molar-refractivity contribution < 1.29 is 9.53 Å². The Balaban J connectivity index is 1.68. The van der Waals surface area contributed by atoms with Crippen LogP contribution in [0.4, 0.5) is 5.13 Å². The predicted octanol–water partition coefficient (Wildman–Crippen LogP) is 5.55. The molecule has 2 N–H and O–H groups in total. The van der Waals surface area contributed by atoms with E-state index in [0.717, 1.165) is 15.8 Å². The quantitative estimate of drug-likeness (QED) is 0.476. The van der Waals surface area contributed by atoms with Crippen molar-refractivity contribution >= 4 is 77.5 Å². The fourth-order valence-electron chi connectivity index (χ4n) is 2.32. The number of thiazole rings is 1. The third-order valence-corrected chi connectivity index (χ3v) is 5.77. The first-order valence-electron chi connectivity index (χ1n) is 7.98. The van der Waals surface area contributed by atoms with Crippen LogP contribution < -0.4 is 15.4 Å². The molecule has 0 aliphatic carbocycles. The fourth-order valence-corrected chi connectivity index (χ4v) is 4.18. The van der Waals surface area contributed by atoms with Crippen LogP contribution in [0, 0.1) is 6.92 Å². The topological polar surface area (TPSA) is 63.2 Å². The highest BCUT2D eigenvalue weighted by Crippen LogP contribution is 2.30. The Bertz CT molecular complexity index is 1000. The van der Waals surface area contributed by atoms with Crippen molar-refractivity contribution in [1.29, 1.82) is 0 Å². The van der Waals surface area contributed by atoms with E-state index in [0.29, 0.717) is 32.5 Å². The summed E-state index contributed by atoms with van der Waals surface area (Å²) in [6.07, 6.45) is 0. The molecule has 0 unspecified atom stereocenters. The van der Waals surface area contributed by atoms with E-state index in [1.807, 2.05) is 26.0 Å². The highest BCUT2D eigenvalue weighted by atomic mass is 79.9. The molecule has 140 valence electrons. The van der Waals surface area contributed by atoms with Crippen molar-refractivity contribution in [2.45, 2.75) is 13.8 Å². The number of aryl methyl sites for hydroxylation is 1. The number of thiocarbonyl (C=S) groups is 1. The number of hydrogen-bond donors (Lipinski definition) is 2. The molecule has 0 aliphatic heterocycles. The SMILES string of the molecule is CCOc1ccc(C(=O)NC(=S)Nc2nc3cc(Cl)c(C)cc3s2)cc1Br. The predicted molar refractivity (Wildman–Crippen MR) is 118 cm³/mol. The van der Waals surface area contributed by atoms with Crippen LogP contribution in [-0.4, -0.2) is 22.6 Å². The van der Waals surface area contributed by atoms with Gasteiger partial charge in [0, 0.05) is 10.6 Å². The number of halogens is 2. The van der Waals surface area contributed by atoms with Crippen LogP contribution in [-0.2, 0) is 0 Å². The molecule has 27 heavy (non-hydrogen) atoms. The smallest absolute Gasteiger partial charge is 0.257 e. The molecule has 5 nitrogen and oxygen atoms in total. The molecule has 0 spiro atoms. The first-order chi connectivity index (χ1) is 12.9. The third kappa shape index (κ3) is 4.76. The average molecular weight is 485 g/mol. The highest BCUT2D eigenvalue weighted by molar-refractivity contribution is 9.10. The Labute approximate surface area is 179 Å². The minimum Gasteiger partial charge on any atom is -0.493 e. The lowest BCUT2D eigenvalue weighted by Crippen LogP contribution is -2.34. The normalized spacial score (nSPS) is 10.7. The standard InChI is InChI=1S/C18H15BrClN3O2S2/c1-3-25-14-5-4-10(7-11(14)19)16(24)22-17(26)23-18-21-13-8-12(20)9(2)6-15(13)27-18/h4-8H,3H2,1-2H3,(H2,21,22,23,24,26). The van der Waals surface area contributed by atoms with Gasteiger partial charge in [-0.25, -0.2) is 4.98 Å². The second kappa shape index (κ2) is 8.52. The summed E-state index contributed by atoms with van der Waals surface area (Å²) in [4.78, 5) is 16.8. The Kier molecular flexibility index (Phi) is 6.31. The van der Waals surface area contributed by atoms with E-state index >= 15 is 0 Å². The van der Waals surface area contributed by atoms with Gasteiger partial charge in [0.1, 0.15) is 5.75 Å². The molecular formula is C18H15BrClN3O2S2. The van der Waals surface area contributed by atoms with Gasteiger partial charge in [0.15, 0.2) is 10.2 Å². The average Bonchev–Trinajstić information content (AvgIpc) is 2.97. The molecule has 3 rings (SSSR count). The molecule has 0 bridgehead atoms. The molecule has 3 aromatic rings. The third-order valence-electron chi connectivity index (χ3n) is 3.61. The Morgan fingerprint density at radius 3 is 2.85 bits per heavy atom. The molecule has 0 atom stereocenters. The highest BCUT2D eigenvalue weighted by Gasteiger charge is 2.13. The monoisotopic (exact) mass is 483 g/mol. The lowest BCUT2D eigenvalue weighted by atomic mass is 10.2. The summed E-state index contributed by atoms with van der Waals surface area (Å²) in [5.41, 5.74) is 2.22. The lowest BCUT2D eigenvalue weighted by molar-refractivity contribution is 0.0977. The van der Waals surface area contributed by atoms with Crippen LogP contribution in [0.2, 0.25) is 5.02 Å². The Morgan fingerprint density at radius 2 is 2.15 bits per heavy atom. The molecule has 1 amide bonds. The van der Waals surface area contributed by atoms with Gasteiger partial charge in [0.05, 0.1) is 21.3 Å². The van der Waals surface area contributed by atoms with E-state index in [9.17, 15) is 4.79 Å². The van der Waals surface area contributed by atoms with Gasteiger partial charge in [-0.1, -0.05) is 22.9 Å². The second-order valence-corrected chi connectivity index (χ2v) is 8.28. The van der Waals surface area contributed by atoms with Crippen LogP contribution in [0.25, 0.3) is 10.2 Å². The summed E-state index contributed by atoms with van der Waals surface area (Å²) < 4.78 is 7.14. The minimum absolute atomic E-state index is 0.173. The fraction of sp³-hybridized carbons (Fsp3) is 0.167. The van der Waals surface area contributed by atoms with Gasteiger partial charge in [-0.05, 0) is 77.9 Å². The number of carbonyl (C=O) groups excluding carboxylic acids is 1. The maximum Gasteiger partial charge on any atom is 0.257 e. The van der Waals surface area contributed by atoms with Crippen LogP contribution in [0.1, 0.15) is 22.8 Å². The van der Waals surface area contributed by atoms with E-state index in [4.69, 9.17) is 28.6 Å².